The van der Waals surface area contributed by atoms with Crippen molar-refractivity contribution in [2.45, 2.75) is 44.3 Å². The highest BCUT2D eigenvalue weighted by Gasteiger charge is 2.30. The van der Waals surface area contributed by atoms with E-state index in [0.717, 1.165) is 15.9 Å². The fourth-order valence-corrected chi connectivity index (χ4v) is 5.51. The van der Waals surface area contributed by atoms with Crippen molar-refractivity contribution in [3.8, 4) is 0 Å². The first-order chi connectivity index (χ1) is 12.9. The minimum atomic E-state index is -3.46. The summed E-state index contributed by atoms with van der Waals surface area (Å²) in [4.78, 5) is 2.62. The van der Waals surface area contributed by atoms with Gasteiger partial charge in [0, 0.05) is 32.2 Å². The first-order valence-corrected chi connectivity index (χ1v) is 11.1. The van der Waals surface area contributed by atoms with Gasteiger partial charge in [-0.3, -0.25) is 4.90 Å². The molecule has 0 N–H and O–H groups in total. The van der Waals surface area contributed by atoms with Gasteiger partial charge in [0.05, 0.1) is 11.6 Å². The molecule has 1 aromatic heterocycles. The second kappa shape index (κ2) is 7.12. The molecule has 2 fully saturated rings. The predicted octanol–water partition coefficient (Wildman–Crippen LogP) is 2.33. The molecular formula is C18H25N5O2S2. The van der Waals surface area contributed by atoms with E-state index in [4.69, 9.17) is 12.2 Å². The van der Waals surface area contributed by atoms with Gasteiger partial charge in [0.1, 0.15) is 6.33 Å². The average Bonchev–Trinajstić information content (AvgIpc) is 3.42. The fraction of sp³-hybridized carbons (Fsp3) is 0.556. The van der Waals surface area contributed by atoms with Gasteiger partial charge in [0.2, 0.25) is 10.0 Å². The third-order valence-corrected chi connectivity index (χ3v) is 7.79. The summed E-state index contributed by atoms with van der Waals surface area (Å²) in [5.74, 6) is 0. The first kappa shape index (κ1) is 18.8. The SMILES string of the molecule is Cc1ccc(C)c(S(=O)(=O)N2CCN(Cn3ncn(C4CC4)c3=S)CC2)c1. The largest absolute Gasteiger partial charge is 0.303 e. The Hall–Kier alpha value is -1.55. The Balaban J connectivity index is 1.42. The summed E-state index contributed by atoms with van der Waals surface area (Å²) in [5.41, 5.74) is 1.75. The Morgan fingerprint density at radius 1 is 1.15 bits per heavy atom. The van der Waals surface area contributed by atoms with Crippen molar-refractivity contribution < 1.29 is 8.42 Å². The molecule has 1 aliphatic heterocycles. The van der Waals surface area contributed by atoms with Crippen LogP contribution in [0, 0.1) is 18.6 Å². The van der Waals surface area contributed by atoms with Gasteiger partial charge >= 0.3 is 0 Å². The first-order valence-electron chi connectivity index (χ1n) is 9.30. The quantitative estimate of drug-likeness (QED) is 0.712. The second-order valence-corrected chi connectivity index (χ2v) is 9.76. The lowest BCUT2D eigenvalue weighted by molar-refractivity contribution is 0.144. The molecule has 0 unspecified atom stereocenters. The van der Waals surface area contributed by atoms with Crippen LogP contribution in [0.1, 0.15) is 30.0 Å². The van der Waals surface area contributed by atoms with E-state index >= 15 is 0 Å². The fourth-order valence-electron chi connectivity index (χ4n) is 3.48. The van der Waals surface area contributed by atoms with Crippen LogP contribution in [0.3, 0.4) is 0 Å². The van der Waals surface area contributed by atoms with Crippen LogP contribution in [0.2, 0.25) is 0 Å². The van der Waals surface area contributed by atoms with E-state index in [1.165, 1.54) is 12.8 Å². The summed E-state index contributed by atoms with van der Waals surface area (Å²) in [5, 5.41) is 4.41. The van der Waals surface area contributed by atoms with E-state index < -0.39 is 10.0 Å². The van der Waals surface area contributed by atoms with Crippen LogP contribution in [0.4, 0.5) is 0 Å². The maximum Gasteiger partial charge on any atom is 0.243 e. The van der Waals surface area contributed by atoms with Crippen LogP contribution < -0.4 is 0 Å². The number of aromatic nitrogens is 3. The molecule has 1 aliphatic carbocycles. The van der Waals surface area contributed by atoms with Crippen molar-refractivity contribution in [2.24, 2.45) is 0 Å². The Kier molecular flexibility index (Phi) is 4.96. The van der Waals surface area contributed by atoms with Crippen LogP contribution in [0.25, 0.3) is 0 Å². The van der Waals surface area contributed by atoms with E-state index in [0.29, 0.717) is 43.8 Å². The molecular weight excluding hydrogens is 382 g/mol. The Bertz CT molecular complexity index is 999. The lowest BCUT2D eigenvalue weighted by atomic mass is 10.2. The van der Waals surface area contributed by atoms with Crippen molar-refractivity contribution in [1.29, 1.82) is 0 Å². The number of benzene rings is 1. The molecule has 0 bridgehead atoms. The highest BCUT2D eigenvalue weighted by atomic mass is 32.2. The molecule has 2 aromatic rings. The molecule has 9 heteroatoms. The van der Waals surface area contributed by atoms with Gasteiger partial charge in [0.15, 0.2) is 4.77 Å². The average molecular weight is 408 g/mol. The zero-order chi connectivity index (χ0) is 19.2. The number of aryl methyl sites for hydroxylation is 2. The zero-order valence-corrected chi connectivity index (χ0v) is 17.3. The Morgan fingerprint density at radius 3 is 2.52 bits per heavy atom. The van der Waals surface area contributed by atoms with Crippen LogP contribution in [-0.4, -0.2) is 58.1 Å². The van der Waals surface area contributed by atoms with Crippen LogP contribution in [0.5, 0.6) is 0 Å². The van der Waals surface area contributed by atoms with E-state index in [1.807, 2.05) is 37.0 Å². The number of hydrogen-bond donors (Lipinski definition) is 0. The minimum Gasteiger partial charge on any atom is -0.303 e. The molecule has 27 heavy (non-hydrogen) atoms. The molecule has 0 atom stereocenters. The molecule has 0 amide bonds. The lowest BCUT2D eigenvalue weighted by Crippen LogP contribution is -2.49. The van der Waals surface area contributed by atoms with E-state index in [9.17, 15) is 8.42 Å². The normalized spacial score (nSPS) is 19.5. The maximum absolute atomic E-state index is 13.0. The summed E-state index contributed by atoms with van der Waals surface area (Å²) in [7, 11) is -3.46. The topological polar surface area (TPSA) is 63.4 Å². The number of hydrogen-bond acceptors (Lipinski definition) is 5. The van der Waals surface area contributed by atoms with Crippen LogP contribution in [0.15, 0.2) is 29.4 Å². The maximum atomic E-state index is 13.0. The van der Waals surface area contributed by atoms with Crippen LogP contribution >= 0.6 is 12.2 Å². The molecule has 1 saturated heterocycles. The van der Waals surface area contributed by atoms with Gasteiger partial charge in [-0.2, -0.15) is 9.40 Å². The number of piperazine rings is 1. The molecule has 146 valence electrons. The number of nitrogens with zero attached hydrogens (tertiary/aromatic N) is 5. The summed E-state index contributed by atoms with van der Waals surface area (Å²) in [6.07, 6.45) is 4.17. The number of rotatable bonds is 5. The Morgan fingerprint density at radius 2 is 1.85 bits per heavy atom. The summed E-state index contributed by atoms with van der Waals surface area (Å²) < 4.78 is 32.3. The Labute approximate surface area is 165 Å². The molecule has 7 nitrogen and oxygen atoms in total. The highest BCUT2D eigenvalue weighted by Crippen LogP contribution is 2.34. The molecule has 4 rings (SSSR count). The summed E-state index contributed by atoms with van der Waals surface area (Å²) >= 11 is 5.51. The summed E-state index contributed by atoms with van der Waals surface area (Å²) in [6.45, 7) is 6.67. The van der Waals surface area contributed by atoms with Gasteiger partial charge in [0.25, 0.3) is 0 Å². The van der Waals surface area contributed by atoms with Crippen LogP contribution in [-0.2, 0) is 16.7 Å². The molecule has 1 saturated carbocycles. The minimum absolute atomic E-state index is 0.418. The standard InChI is InChI=1S/C18H25N5O2S2/c1-14-3-4-15(2)17(11-14)27(24,25)21-9-7-20(8-10-21)13-23-18(26)22(12-19-23)16-5-6-16/h3-4,11-12,16H,5-10,13H2,1-2H3. The monoisotopic (exact) mass is 407 g/mol. The third kappa shape index (κ3) is 3.73. The van der Waals surface area contributed by atoms with Gasteiger partial charge in [-0.1, -0.05) is 12.1 Å². The highest BCUT2D eigenvalue weighted by molar-refractivity contribution is 7.89. The van der Waals surface area contributed by atoms with Crippen molar-refractivity contribution in [2.75, 3.05) is 26.2 Å². The molecule has 0 radical (unpaired) electrons. The van der Waals surface area contributed by atoms with Gasteiger partial charge < -0.3 is 4.57 Å². The van der Waals surface area contributed by atoms with Crippen molar-refractivity contribution in [3.05, 3.63) is 40.4 Å². The van der Waals surface area contributed by atoms with Gasteiger partial charge in [-0.05, 0) is 56.1 Å². The third-order valence-electron chi connectivity index (χ3n) is 5.32. The number of sulfonamides is 1. The van der Waals surface area contributed by atoms with Crippen molar-refractivity contribution in [3.63, 3.8) is 0 Å². The molecule has 2 heterocycles. The zero-order valence-electron chi connectivity index (χ0n) is 15.7. The molecule has 2 aliphatic rings. The predicted molar refractivity (Wildman–Crippen MR) is 106 cm³/mol. The van der Waals surface area contributed by atoms with E-state index in [1.54, 1.807) is 10.4 Å². The smallest absolute Gasteiger partial charge is 0.243 e. The lowest BCUT2D eigenvalue weighted by Gasteiger charge is -2.34. The van der Waals surface area contributed by atoms with Gasteiger partial charge in [-0.25, -0.2) is 13.1 Å². The van der Waals surface area contributed by atoms with Gasteiger partial charge in [-0.15, -0.1) is 0 Å². The van der Waals surface area contributed by atoms with E-state index in [-0.39, 0.29) is 0 Å². The van der Waals surface area contributed by atoms with E-state index in [2.05, 4.69) is 14.6 Å². The second-order valence-electron chi connectivity index (χ2n) is 7.48. The molecule has 1 aromatic carbocycles. The molecule has 0 spiro atoms. The summed E-state index contributed by atoms with van der Waals surface area (Å²) in [6, 6.07) is 6.10. The van der Waals surface area contributed by atoms with Crippen molar-refractivity contribution >= 4 is 22.2 Å². The van der Waals surface area contributed by atoms with Crippen molar-refractivity contribution in [1.82, 2.24) is 23.6 Å².